The van der Waals surface area contributed by atoms with Crippen LogP contribution in [0.25, 0.3) is 0 Å². The van der Waals surface area contributed by atoms with Gasteiger partial charge in [0.15, 0.2) is 11.6 Å². The van der Waals surface area contributed by atoms with Crippen molar-refractivity contribution in [3.05, 3.63) is 36.5 Å². The van der Waals surface area contributed by atoms with E-state index in [9.17, 15) is 9.59 Å². The molecule has 0 aromatic heterocycles. The van der Waals surface area contributed by atoms with E-state index < -0.39 is 5.41 Å². The molecule has 0 spiro atoms. The molecule has 1 atom stereocenters. The smallest absolute Gasteiger partial charge is 0.181 e. The van der Waals surface area contributed by atoms with Crippen LogP contribution in [0.15, 0.2) is 36.5 Å². The average molecular weight is 230 g/mol. The molecule has 0 radical (unpaired) electrons. The van der Waals surface area contributed by atoms with Crippen LogP contribution >= 0.6 is 0 Å². The van der Waals surface area contributed by atoms with Gasteiger partial charge in [0.25, 0.3) is 0 Å². The van der Waals surface area contributed by atoms with Gasteiger partial charge < -0.3 is 0 Å². The molecule has 0 aromatic rings. The fraction of sp³-hybridized carbons (Fsp3) is 0.467. The van der Waals surface area contributed by atoms with Crippen LogP contribution in [0.1, 0.15) is 38.5 Å². The molecule has 0 N–H and O–H groups in total. The average Bonchev–Trinajstić information content (AvgIpc) is 2.81. The molecule has 2 nitrogen and oxygen atoms in total. The minimum atomic E-state index is -0.395. The molecule has 2 heteroatoms. The van der Waals surface area contributed by atoms with Gasteiger partial charge in [0.2, 0.25) is 0 Å². The first-order valence-electron chi connectivity index (χ1n) is 6.22. The highest BCUT2D eigenvalue weighted by atomic mass is 16.1. The minimum absolute atomic E-state index is 0.00263. The van der Waals surface area contributed by atoms with E-state index in [0.717, 1.165) is 49.7 Å². The van der Waals surface area contributed by atoms with Crippen molar-refractivity contribution in [3.8, 4) is 0 Å². The first kappa shape index (κ1) is 12.0. The second-order valence-corrected chi connectivity index (χ2v) is 4.88. The van der Waals surface area contributed by atoms with Crippen molar-refractivity contribution in [3.63, 3.8) is 0 Å². The molecule has 2 aliphatic carbocycles. The number of fused-ring (bicyclic) bond motifs is 1. The fourth-order valence-corrected chi connectivity index (χ4v) is 3.38. The number of rotatable bonds is 4. The molecule has 1 fully saturated rings. The topological polar surface area (TPSA) is 34.1 Å². The predicted octanol–water partition coefficient (Wildman–Crippen LogP) is 3.15. The Hall–Kier alpha value is -1.44. The summed E-state index contributed by atoms with van der Waals surface area (Å²) in [5.41, 5.74) is 1.53. The van der Waals surface area contributed by atoms with E-state index in [4.69, 9.17) is 0 Å². The molecule has 0 amide bonds. The van der Waals surface area contributed by atoms with Gasteiger partial charge in [0.1, 0.15) is 0 Å². The van der Waals surface area contributed by atoms with Crippen molar-refractivity contribution in [2.45, 2.75) is 38.5 Å². The normalized spacial score (nSPS) is 27.5. The first-order chi connectivity index (χ1) is 8.15. The summed E-state index contributed by atoms with van der Waals surface area (Å²) >= 11 is 0. The van der Waals surface area contributed by atoms with Crippen LogP contribution in [-0.4, -0.2) is 11.6 Å². The summed E-state index contributed by atoms with van der Waals surface area (Å²) < 4.78 is 0. The lowest BCUT2D eigenvalue weighted by molar-refractivity contribution is -0.122. The summed E-state index contributed by atoms with van der Waals surface area (Å²) in [4.78, 5) is 24.0. The predicted molar refractivity (Wildman–Crippen MR) is 67.6 cm³/mol. The Morgan fingerprint density at radius 2 is 1.71 bits per heavy atom. The molecule has 1 saturated carbocycles. The first-order valence-corrected chi connectivity index (χ1v) is 6.22. The lowest BCUT2D eigenvalue weighted by Crippen LogP contribution is -2.32. The summed E-state index contributed by atoms with van der Waals surface area (Å²) in [6.07, 6.45) is 8.14. The van der Waals surface area contributed by atoms with Gasteiger partial charge in [-0.1, -0.05) is 13.2 Å². The van der Waals surface area contributed by atoms with Gasteiger partial charge in [-0.25, -0.2) is 0 Å². The maximum atomic E-state index is 12.1. The molecule has 2 rings (SSSR count). The Labute approximate surface area is 102 Å². The number of carbonyl (C=O) groups is 2. The molecular weight excluding hydrogens is 212 g/mol. The third kappa shape index (κ3) is 1.72. The monoisotopic (exact) mass is 230 g/mol. The van der Waals surface area contributed by atoms with Crippen molar-refractivity contribution in [2.24, 2.45) is 5.41 Å². The van der Waals surface area contributed by atoms with Crippen LogP contribution < -0.4 is 0 Å². The molecule has 0 heterocycles. The fourth-order valence-electron chi connectivity index (χ4n) is 3.38. The van der Waals surface area contributed by atoms with Gasteiger partial charge in [-0.3, -0.25) is 9.59 Å². The second kappa shape index (κ2) is 4.44. The number of hydrogen-bond acceptors (Lipinski definition) is 2. The Morgan fingerprint density at radius 3 is 2.29 bits per heavy atom. The highest BCUT2D eigenvalue weighted by molar-refractivity contribution is 6.06. The highest BCUT2D eigenvalue weighted by Crippen LogP contribution is 2.52. The van der Waals surface area contributed by atoms with E-state index in [1.807, 2.05) is 0 Å². The van der Waals surface area contributed by atoms with Gasteiger partial charge in [-0.05, 0) is 61.8 Å². The van der Waals surface area contributed by atoms with Gasteiger partial charge in [-0.2, -0.15) is 0 Å². The van der Waals surface area contributed by atoms with E-state index in [1.54, 1.807) is 0 Å². The lowest BCUT2D eigenvalue weighted by Gasteiger charge is -2.34. The van der Waals surface area contributed by atoms with Gasteiger partial charge in [0, 0.05) is 0 Å². The zero-order chi connectivity index (χ0) is 12.5. The number of ketones is 2. The van der Waals surface area contributed by atoms with Gasteiger partial charge in [0.05, 0.1) is 5.41 Å². The van der Waals surface area contributed by atoms with Crippen LogP contribution in [0.3, 0.4) is 0 Å². The maximum Gasteiger partial charge on any atom is 0.181 e. The maximum absolute atomic E-state index is 12.1. The number of allylic oxidation sites excluding steroid dienone is 4. The van der Waals surface area contributed by atoms with Crippen LogP contribution in [-0.2, 0) is 9.59 Å². The van der Waals surface area contributed by atoms with Gasteiger partial charge in [-0.15, -0.1) is 0 Å². The molecule has 0 aliphatic heterocycles. The molecular formula is C15H18O2. The van der Waals surface area contributed by atoms with Crippen LogP contribution in [0.4, 0.5) is 0 Å². The quantitative estimate of drug-likeness (QED) is 0.695. The summed E-state index contributed by atoms with van der Waals surface area (Å²) in [5, 5.41) is 0. The second-order valence-electron chi connectivity index (χ2n) is 4.88. The molecule has 90 valence electrons. The van der Waals surface area contributed by atoms with Crippen molar-refractivity contribution in [1.82, 2.24) is 0 Å². The van der Waals surface area contributed by atoms with Crippen LogP contribution in [0.2, 0.25) is 0 Å². The Bertz CT molecular complexity index is 428. The SMILES string of the molecule is C=CC(=O)C1=C2CCCC2(C(=O)C=C)CCC1. The van der Waals surface area contributed by atoms with E-state index in [1.165, 1.54) is 12.2 Å². The molecule has 0 aromatic carbocycles. The third-order valence-electron chi connectivity index (χ3n) is 4.14. The zero-order valence-electron chi connectivity index (χ0n) is 10.1. The molecule has 0 saturated heterocycles. The summed E-state index contributed by atoms with van der Waals surface area (Å²) in [7, 11) is 0. The van der Waals surface area contributed by atoms with E-state index >= 15 is 0 Å². The van der Waals surface area contributed by atoms with Gasteiger partial charge >= 0.3 is 0 Å². The van der Waals surface area contributed by atoms with E-state index in [-0.39, 0.29) is 11.6 Å². The zero-order valence-corrected chi connectivity index (χ0v) is 10.1. The third-order valence-corrected chi connectivity index (χ3v) is 4.14. The van der Waals surface area contributed by atoms with E-state index in [0.29, 0.717) is 0 Å². The lowest BCUT2D eigenvalue weighted by atomic mass is 9.68. The van der Waals surface area contributed by atoms with E-state index in [2.05, 4.69) is 13.2 Å². The van der Waals surface area contributed by atoms with Crippen LogP contribution in [0, 0.1) is 5.41 Å². The molecule has 2 aliphatic rings. The summed E-state index contributed by atoms with van der Waals surface area (Å²) in [5.74, 6) is 0.0990. The van der Waals surface area contributed by atoms with Crippen LogP contribution in [0.5, 0.6) is 0 Å². The minimum Gasteiger partial charge on any atom is -0.294 e. The standard InChI is InChI=1S/C15H18O2/c1-3-13(16)11-7-5-9-15(14(17)4-2)10-6-8-12(11)15/h3-4H,1-2,5-10H2. The van der Waals surface area contributed by atoms with Crippen molar-refractivity contribution >= 4 is 11.6 Å². The van der Waals surface area contributed by atoms with Crippen molar-refractivity contribution in [1.29, 1.82) is 0 Å². The molecule has 0 bridgehead atoms. The summed E-state index contributed by atoms with van der Waals surface area (Å²) in [6.45, 7) is 7.15. The van der Waals surface area contributed by atoms with Crippen molar-refractivity contribution < 1.29 is 9.59 Å². The summed E-state index contributed by atoms with van der Waals surface area (Å²) in [6, 6.07) is 0. The number of hydrogen-bond donors (Lipinski definition) is 0. The largest absolute Gasteiger partial charge is 0.294 e. The Morgan fingerprint density at radius 1 is 1.06 bits per heavy atom. The molecule has 17 heavy (non-hydrogen) atoms. The molecule has 1 unspecified atom stereocenters. The number of carbonyl (C=O) groups excluding carboxylic acids is 2. The van der Waals surface area contributed by atoms with Crippen molar-refractivity contribution in [2.75, 3.05) is 0 Å². The Balaban J connectivity index is 2.52. The Kier molecular flexibility index (Phi) is 3.14. The highest BCUT2D eigenvalue weighted by Gasteiger charge is 2.46.